The molecule has 0 bridgehead atoms. The number of hydrogen-bond donors (Lipinski definition) is 4. The van der Waals surface area contributed by atoms with Crippen LogP contribution in [-0.4, -0.2) is 115 Å². The summed E-state index contributed by atoms with van der Waals surface area (Å²) < 4.78 is 8.23. The highest BCUT2D eigenvalue weighted by Gasteiger charge is 2.40. The molecule has 9 rings (SSSR count). The van der Waals surface area contributed by atoms with Crippen LogP contribution >= 0.6 is 0 Å². The third-order valence-electron chi connectivity index (χ3n) is 13.5. The molecule has 6 heterocycles. The molecule has 0 radical (unpaired) electrons. The molecule has 2 unspecified atom stereocenters. The predicted octanol–water partition coefficient (Wildman–Crippen LogP) is 5.52. The number of nitrogen functional groups attached to an aromatic ring is 1. The molecule has 4 aliphatic heterocycles. The van der Waals surface area contributed by atoms with E-state index in [1.807, 2.05) is 40.0 Å². The van der Waals surface area contributed by atoms with Crippen molar-refractivity contribution in [2.45, 2.75) is 102 Å². The molecule has 3 aromatic carbocycles. The zero-order valence-electron chi connectivity index (χ0n) is 38.4. The lowest BCUT2D eigenvalue weighted by Crippen LogP contribution is -2.52. The Morgan fingerprint density at radius 1 is 0.838 bits per heavy atom. The number of unbranched alkanes of at least 4 members (excludes halogenated alkanes) is 5. The Labute approximate surface area is 395 Å². The van der Waals surface area contributed by atoms with Crippen LogP contribution < -0.4 is 30.9 Å². The summed E-state index contributed by atoms with van der Waals surface area (Å²) in [5.74, 6) is 0.113. The normalized spacial score (nSPS) is 18.4. The third kappa shape index (κ3) is 10.8. The number of para-hydroxylation sites is 1. The van der Waals surface area contributed by atoms with Crippen LogP contribution in [-0.2, 0) is 34.0 Å². The van der Waals surface area contributed by atoms with Gasteiger partial charge in [-0.1, -0.05) is 55.2 Å². The van der Waals surface area contributed by atoms with Crippen LogP contribution in [0.3, 0.4) is 0 Å². The first-order chi connectivity index (χ1) is 33.2. The van der Waals surface area contributed by atoms with Gasteiger partial charge in [-0.05, 0) is 80.1 Å². The lowest BCUT2D eigenvalue weighted by atomic mass is 10.0. The van der Waals surface area contributed by atoms with E-state index in [0.717, 1.165) is 113 Å². The average Bonchev–Trinajstić information content (AvgIpc) is 3.96. The second-order valence-corrected chi connectivity index (χ2v) is 18.1. The molecule has 0 aliphatic carbocycles. The number of aromatic nitrogens is 5. The number of imide groups is 1. The summed E-state index contributed by atoms with van der Waals surface area (Å²) in [7, 11) is 0. The van der Waals surface area contributed by atoms with Gasteiger partial charge in [0.15, 0.2) is 11.6 Å². The zero-order valence-corrected chi connectivity index (χ0v) is 38.4. The first kappa shape index (κ1) is 45.9. The number of nitrogens with zero attached hydrogens (tertiary/aromatic N) is 9. The molecule has 2 aromatic heterocycles. The van der Waals surface area contributed by atoms with E-state index in [1.54, 1.807) is 29.2 Å². The van der Waals surface area contributed by atoms with E-state index in [-0.39, 0.29) is 41.8 Å². The Morgan fingerprint density at radius 2 is 1.60 bits per heavy atom. The van der Waals surface area contributed by atoms with E-state index in [0.29, 0.717) is 60.7 Å². The van der Waals surface area contributed by atoms with E-state index in [4.69, 9.17) is 10.5 Å². The number of aromatic hydroxyl groups is 1. The second-order valence-electron chi connectivity index (χ2n) is 18.1. The van der Waals surface area contributed by atoms with E-state index >= 15 is 0 Å². The molecule has 18 heteroatoms. The van der Waals surface area contributed by atoms with Crippen molar-refractivity contribution in [3.63, 3.8) is 0 Å². The summed E-state index contributed by atoms with van der Waals surface area (Å²) in [6.45, 7) is 6.21. The van der Waals surface area contributed by atoms with E-state index in [2.05, 4.69) is 65.2 Å². The molecule has 0 saturated carbocycles. The molecule has 4 amide bonds. The highest BCUT2D eigenvalue weighted by atomic mass is 16.5. The number of fused-ring (bicyclic) bond motifs is 1. The molecule has 356 valence electrons. The minimum atomic E-state index is -0.653. The van der Waals surface area contributed by atoms with Crippen LogP contribution in [0.25, 0.3) is 11.3 Å². The van der Waals surface area contributed by atoms with E-state index in [9.17, 15) is 24.3 Å². The molecular weight excluding hydrogens is 865 g/mol. The van der Waals surface area contributed by atoms with Gasteiger partial charge in [0.05, 0.1) is 24.8 Å². The Bertz CT molecular complexity index is 2600. The van der Waals surface area contributed by atoms with Crippen molar-refractivity contribution in [2.75, 3.05) is 60.1 Å². The zero-order chi connectivity index (χ0) is 47.0. The van der Waals surface area contributed by atoms with Gasteiger partial charge < -0.3 is 40.5 Å². The quantitative estimate of drug-likeness (QED) is 0.0629. The second kappa shape index (κ2) is 21.2. The number of phenols is 1. The fourth-order valence-corrected chi connectivity index (χ4v) is 9.73. The molecule has 5 aromatic rings. The molecular formula is C50H60N12O6. The molecule has 2 atom stereocenters. The summed E-state index contributed by atoms with van der Waals surface area (Å²) in [5.41, 5.74) is 12.4. The van der Waals surface area contributed by atoms with Crippen molar-refractivity contribution in [2.24, 2.45) is 0 Å². The van der Waals surface area contributed by atoms with E-state index in [1.165, 1.54) is 0 Å². The highest BCUT2D eigenvalue weighted by Crippen LogP contribution is 2.34. The lowest BCUT2D eigenvalue weighted by Gasteiger charge is -2.37. The lowest BCUT2D eigenvalue weighted by molar-refractivity contribution is -0.137. The number of phenolic OH excluding ortho intramolecular Hbond substituents is 1. The molecule has 68 heavy (non-hydrogen) atoms. The monoisotopic (exact) mass is 924 g/mol. The van der Waals surface area contributed by atoms with Gasteiger partial charge in [-0.25, -0.2) is 0 Å². The van der Waals surface area contributed by atoms with Crippen molar-refractivity contribution in [1.29, 1.82) is 0 Å². The number of piperidine rings is 2. The maximum absolute atomic E-state index is 13.4. The summed E-state index contributed by atoms with van der Waals surface area (Å²) in [6.07, 6.45) is 11.0. The third-order valence-corrected chi connectivity index (χ3v) is 13.5. The minimum absolute atomic E-state index is 0.0782. The van der Waals surface area contributed by atoms with Crippen molar-refractivity contribution < 1.29 is 29.0 Å². The minimum Gasteiger partial charge on any atom is -0.507 e. The first-order valence-corrected chi connectivity index (χ1v) is 24.0. The van der Waals surface area contributed by atoms with Gasteiger partial charge in [-0.15, -0.1) is 15.3 Å². The fourth-order valence-electron chi connectivity index (χ4n) is 9.73. The Hall–Kier alpha value is -7.24. The maximum Gasteiger partial charge on any atom is 0.257 e. The van der Waals surface area contributed by atoms with Gasteiger partial charge in [0.1, 0.15) is 29.3 Å². The summed E-state index contributed by atoms with van der Waals surface area (Å²) in [6, 6.07) is 22.4. The Morgan fingerprint density at radius 3 is 2.40 bits per heavy atom. The molecule has 18 nitrogen and oxygen atoms in total. The maximum atomic E-state index is 13.4. The SMILES string of the molecule is Nc1nnc(-c2ccccc2O)cc1OC1CCCN(c2ccc(N3CCN(C(=O)CCCCCCCCn4cc(CNc5cccc6c5C(=O)N(C5CCC(=O)NC5=O)C6)nn4)CC3)cc2)C1. The number of nitrogens with two attached hydrogens (primary N) is 1. The van der Waals surface area contributed by atoms with Gasteiger partial charge in [0.25, 0.3) is 5.91 Å². The number of amides is 4. The smallest absolute Gasteiger partial charge is 0.257 e. The van der Waals surface area contributed by atoms with Crippen molar-refractivity contribution in [3.05, 3.63) is 95.8 Å². The van der Waals surface area contributed by atoms with Crippen LogP contribution in [0.5, 0.6) is 11.5 Å². The van der Waals surface area contributed by atoms with Crippen molar-refractivity contribution >= 4 is 46.5 Å². The summed E-state index contributed by atoms with van der Waals surface area (Å²) in [5, 5.41) is 32.9. The molecule has 4 aliphatic rings. The first-order valence-electron chi connectivity index (χ1n) is 24.0. The number of ether oxygens (including phenoxy) is 1. The standard InChI is InChI=1S/C50H60N12O6/c51-48-44(29-41(55-56-48)39-13-6-7-15-43(39)63)68-38-12-10-23-60(33-38)37-19-17-36(18-20-37)58-25-27-59(28-26-58)46(65)16-5-3-1-2-4-8-24-61-32-35(54-57-61)30-52-40-14-9-11-34-31-62(50(67)47(34)40)42-21-22-45(64)53-49(42)66/h6-7,9,11,13-15,17-20,29,32,38,42,52,63H,1-5,8,10,12,16,21-28,30-31,33H2,(H2,51,56)(H,53,64,66). The number of hydrogen-bond acceptors (Lipinski definition) is 14. The molecule has 5 N–H and O–H groups in total. The van der Waals surface area contributed by atoms with Crippen molar-refractivity contribution in [1.82, 2.24) is 40.3 Å². The topological polar surface area (TPSA) is 217 Å². The number of aryl methyl sites for hydroxylation is 1. The number of carbonyl (C=O) groups excluding carboxylic acids is 4. The largest absolute Gasteiger partial charge is 0.507 e. The van der Waals surface area contributed by atoms with Crippen LogP contribution in [0.15, 0.2) is 79.0 Å². The van der Waals surface area contributed by atoms with Crippen LogP contribution in [0.4, 0.5) is 22.9 Å². The molecule has 0 spiro atoms. The highest BCUT2D eigenvalue weighted by molar-refractivity contribution is 6.07. The Balaban J connectivity index is 0.634. The number of benzene rings is 3. The predicted molar refractivity (Wildman–Crippen MR) is 257 cm³/mol. The van der Waals surface area contributed by atoms with E-state index < -0.39 is 11.9 Å². The molecule has 3 fully saturated rings. The number of piperazine rings is 1. The number of rotatable bonds is 18. The van der Waals surface area contributed by atoms with Gasteiger partial charge in [-0.2, -0.15) is 0 Å². The number of anilines is 4. The van der Waals surface area contributed by atoms with Crippen LogP contribution in [0.2, 0.25) is 0 Å². The van der Waals surface area contributed by atoms with Gasteiger partial charge in [-0.3, -0.25) is 29.2 Å². The van der Waals surface area contributed by atoms with Crippen LogP contribution in [0, 0.1) is 0 Å². The number of nitrogens with one attached hydrogen (secondary N) is 2. The molecule has 3 saturated heterocycles. The van der Waals surface area contributed by atoms with Gasteiger partial charge >= 0.3 is 0 Å². The van der Waals surface area contributed by atoms with Crippen LogP contribution in [0.1, 0.15) is 92.2 Å². The average molecular weight is 925 g/mol. The van der Waals surface area contributed by atoms with Gasteiger partial charge in [0, 0.05) is 87.3 Å². The Kier molecular flexibility index (Phi) is 14.3. The summed E-state index contributed by atoms with van der Waals surface area (Å²) >= 11 is 0. The summed E-state index contributed by atoms with van der Waals surface area (Å²) in [4.78, 5) is 58.9. The number of carbonyl (C=O) groups is 4. The fraction of sp³-hybridized carbons (Fsp3) is 0.440. The van der Waals surface area contributed by atoms with Crippen molar-refractivity contribution in [3.8, 4) is 22.8 Å². The van der Waals surface area contributed by atoms with Gasteiger partial charge in [0.2, 0.25) is 17.7 Å².